The van der Waals surface area contributed by atoms with Gasteiger partial charge in [0, 0.05) is 27.2 Å². The van der Waals surface area contributed by atoms with E-state index in [4.69, 9.17) is 17.0 Å². The van der Waals surface area contributed by atoms with E-state index in [1.165, 1.54) is 17.0 Å². The van der Waals surface area contributed by atoms with Gasteiger partial charge in [-0.1, -0.05) is 38.4 Å². The topological polar surface area (TPSA) is 63.5 Å². The molecule has 0 saturated carbocycles. The fraction of sp³-hybridized carbons (Fsp3) is 0.667. The lowest BCUT2D eigenvalue weighted by molar-refractivity contribution is -0.141. The molecule has 1 aromatic heterocycles. The van der Waals surface area contributed by atoms with Crippen LogP contribution in [-0.4, -0.2) is 78.1 Å². The molecular formula is C27H39ClF3N5O. The molecule has 1 amide bonds. The molecule has 0 aliphatic carbocycles. The average Bonchev–Trinajstić information content (AvgIpc) is 2.83. The molecule has 10 heteroatoms. The molecule has 2 saturated heterocycles. The third-order valence-corrected chi connectivity index (χ3v) is 8.09. The van der Waals surface area contributed by atoms with E-state index in [9.17, 15) is 18.0 Å². The number of pyridine rings is 1. The molecule has 0 radical (unpaired) electrons. The van der Waals surface area contributed by atoms with Crippen molar-refractivity contribution in [2.75, 3.05) is 46.8 Å². The molecule has 2 fully saturated rings. The normalized spacial score (nSPS) is 19.5. The van der Waals surface area contributed by atoms with Crippen LogP contribution in [0.5, 0.6) is 0 Å². The average molecular weight is 542 g/mol. The molecule has 6 nitrogen and oxygen atoms in total. The summed E-state index contributed by atoms with van der Waals surface area (Å²) in [6.07, 6.45) is 0.450. The van der Waals surface area contributed by atoms with Gasteiger partial charge in [-0.05, 0) is 74.7 Å². The molecular weight excluding hydrogens is 503 g/mol. The van der Waals surface area contributed by atoms with Gasteiger partial charge in [-0.25, -0.2) is 4.98 Å². The molecule has 2 aliphatic rings. The maximum Gasteiger partial charge on any atom is 0.433 e. The highest BCUT2D eigenvalue weighted by Crippen LogP contribution is 2.42. The zero-order valence-electron chi connectivity index (χ0n) is 22.5. The number of halogens is 4. The highest BCUT2D eigenvalue weighted by Gasteiger charge is 2.40. The van der Waals surface area contributed by atoms with Crippen LogP contribution >= 0.6 is 11.6 Å². The van der Waals surface area contributed by atoms with Gasteiger partial charge in [-0.2, -0.15) is 13.2 Å². The van der Waals surface area contributed by atoms with E-state index in [0.29, 0.717) is 18.5 Å². The number of carbonyl (C=O) groups excluding carboxylic acids is 1. The minimum absolute atomic E-state index is 0.00153. The Morgan fingerprint density at radius 2 is 1.65 bits per heavy atom. The summed E-state index contributed by atoms with van der Waals surface area (Å²) in [5.74, 6) is -0.444. The van der Waals surface area contributed by atoms with Crippen LogP contribution in [-0.2, 0) is 11.0 Å². The van der Waals surface area contributed by atoms with Gasteiger partial charge in [-0.15, -0.1) is 0 Å². The fourth-order valence-electron chi connectivity index (χ4n) is 4.97. The second-order valence-corrected chi connectivity index (χ2v) is 12.1. The van der Waals surface area contributed by atoms with Gasteiger partial charge in [-0.3, -0.25) is 10.2 Å². The first-order valence-corrected chi connectivity index (χ1v) is 13.2. The Bertz CT molecular complexity index is 1010. The van der Waals surface area contributed by atoms with Gasteiger partial charge in [0.1, 0.15) is 16.4 Å². The molecule has 0 unspecified atom stereocenters. The first-order chi connectivity index (χ1) is 17.1. The lowest BCUT2D eigenvalue weighted by atomic mass is 9.71. The van der Waals surface area contributed by atoms with Crippen molar-refractivity contribution in [3.8, 4) is 0 Å². The molecule has 0 aromatic carbocycles. The Morgan fingerprint density at radius 3 is 2.16 bits per heavy atom. The predicted octanol–water partition coefficient (Wildman–Crippen LogP) is 5.62. The van der Waals surface area contributed by atoms with Crippen molar-refractivity contribution >= 4 is 23.2 Å². The number of amides is 1. The smallest absolute Gasteiger partial charge is 0.368 e. The van der Waals surface area contributed by atoms with Gasteiger partial charge in [0.05, 0.1) is 11.4 Å². The minimum atomic E-state index is -4.65. The first kappa shape index (κ1) is 29.4. The highest BCUT2D eigenvalue weighted by molar-refractivity contribution is 6.38. The van der Waals surface area contributed by atoms with E-state index in [1.54, 1.807) is 19.0 Å². The summed E-state index contributed by atoms with van der Waals surface area (Å²) < 4.78 is 39.6. The van der Waals surface area contributed by atoms with Crippen molar-refractivity contribution in [2.24, 2.45) is 10.8 Å². The third-order valence-electron chi connectivity index (χ3n) is 7.56. The molecule has 0 bridgehead atoms. The Labute approximate surface area is 223 Å². The van der Waals surface area contributed by atoms with Crippen LogP contribution in [0.15, 0.2) is 28.9 Å². The molecule has 1 spiro atoms. The number of carbonyl (C=O) groups is 1. The van der Waals surface area contributed by atoms with Crippen LogP contribution < -0.4 is 0 Å². The first-order valence-electron chi connectivity index (χ1n) is 12.8. The molecule has 2 aliphatic heterocycles. The number of nitrogens with zero attached hydrogens (tertiary/aromatic N) is 4. The van der Waals surface area contributed by atoms with Crippen LogP contribution in [0.3, 0.4) is 0 Å². The van der Waals surface area contributed by atoms with E-state index >= 15 is 0 Å². The van der Waals surface area contributed by atoms with Crippen molar-refractivity contribution in [3.05, 3.63) is 40.3 Å². The van der Waals surface area contributed by atoms with Crippen LogP contribution in [0.25, 0.3) is 0 Å². The van der Waals surface area contributed by atoms with Crippen molar-refractivity contribution < 1.29 is 18.0 Å². The lowest BCUT2D eigenvalue weighted by Gasteiger charge is -2.47. The summed E-state index contributed by atoms with van der Waals surface area (Å²) in [4.78, 5) is 22.9. The van der Waals surface area contributed by atoms with Crippen molar-refractivity contribution in [1.29, 1.82) is 5.41 Å². The van der Waals surface area contributed by atoms with Crippen LogP contribution in [0.2, 0.25) is 0 Å². The number of alkyl halides is 3. The quantitative estimate of drug-likeness (QED) is 0.288. The minimum Gasteiger partial charge on any atom is -0.368 e. The Balaban J connectivity index is 1.70. The van der Waals surface area contributed by atoms with Crippen molar-refractivity contribution in [2.45, 2.75) is 59.1 Å². The monoisotopic (exact) mass is 541 g/mol. The number of likely N-dealkylation sites (tertiary alicyclic amines) is 2. The van der Waals surface area contributed by atoms with Gasteiger partial charge < -0.3 is 14.7 Å². The zero-order valence-corrected chi connectivity index (χ0v) is 23.3. The summed E-state index contributed by atoms with van der Waals surface area (Å²) in [7, 11) is 3.25. The van der Waals surface area contributed by atoms with E-state index in [-0.39, 0.29) is 21.8 Å². The van der Waals surface area contributed by atoms with E-state index in [1.807, 2.05) is 0 Å². The number of hydrogen-bond donors (Lipinski definition) is 1. The molecule has 1 aromatic rings. The van der Waals surface area contributed by atoms with Crippen LogP contribution in [0.4, 0.5) is 13.2 Å². The SMILES string of the molecule is CN(C)/C(Cl)=C(\C(=N)c1cccc(C(F)(F)F)n1)C(=O)N1CCC2(CCN(CCC(C)(C)C)CC2)CC1. The summed E-state index contributed by atoms with van der Waals surface area (Å²) in [5, 5.41) is 8.61. The van der Waals surface area contributed by atoms with E-state index in [0.717, 1.165) is 57.8 Å². The standard InChI is InChI=1S/C27H39ClF3N5O/c1-25(2,3)9-14-35-15-10-26(11-16-35)12-17-36(18-13-26)24(37)21(23(28)34(4)5)22(32)19-7-6-8-20(33-19)27(29,30)31/h6-8,32H,9-18H2,1-5H3/b23-21+,32-22?. The Kier molecular flexibility index (Phi) is 9.00. The maximum absolute atomic E-state index is 13.6. The second-order valence-electron chi connectivity index (χ2n) is 11.8. The molecule has 3 rings (SSSR count). The number of nitrogens with one attached hydrogen (secondary N) is 1. The summed E-state index contributed by atoms with van der Waals surface area (Å²) >= 11 is 6.45. The Hall–Kier alpha value is -2.13. The van der Waals surface area contributed by atoms with Gasteiger partial charge in [0.15, 0.2) is 0 Å². The lowest BCUT2D eigenvalue weighted by Crippen LogP contribution is -2.49. The van der Waals surface area contributed by atoms with Crippen LogP contribution in [0, 0.1) is 16.2 Å². The Morgan fingerprint density at radius 1 is 1.08 bits per heavy atom. The predicted molar refractivity (Wildman–Crippen MR) is 141 cm³/mol. The summed E-state index contributed by atoms with van der Waals surface area (Å²) in [6, 6.07) is 3.32. The van der Waals surface area contributed by atoms with E-state index in [2.05, 4.69) is 30.7 Å². The largest absolute Gasteiger partial charge is 0.433 e. The maximum atomic E-state index is 13.6. The molecule has 0 atom stereocenters. The molecule has 37 heavy (non-hydrogen) atoms. The molecule has 3 heterocycles. The number of piperidine rings is 2. The fourth-order valence-corrected chi connectivity index (χ4v) is 5.14. The highest BCUT2D eigenvalue weighted by atomic mass is 35.5. The molecule has 1 N–H and O–H groups in total. The van der Waals surface area contributed by atoms with Crippen molar-refractivity contribution in [1.82, 2.24) is 19.7 Å². The van der Waals surface area contributed by atoms with E-state index < -0.39 is 23.5 Å². The van der Waals surface area contributed by atoms with Gasteiger partial charge >= 0.3 is 6.18 Å². The number of aromatic nitrogens is 1. The van der Waals surface area contributed by atoms with Gasteiger partial charge in [0.25, 0.3) is 5.91 Å². The summed E-state index contributed by atoms with van der Waals surface area (Å²) in [6.45, 7) is 11.1. The number of hydrogen-bond acceptors (Lipinski definition) is 5. The molecule has 206 valence electrons. The van der Waals surface area contributed by atoms with Gasteiger partial charge in [0.2, 0.25) is 0 Å². The third kappa shape index (κ3) is 7.47. The van der Waals surface area contributed by atoms with Crippen molar-refractivity contribution in [3.63, 3.8) is 0 Å². The summed E-state index contributed by atoms with van der Waals surface area (Å²) in [5.41, 5.74) is -1.38. The second kappa shape index (κ2) is 11.3. The van der Waals surface area contributed by atoms with Crippen LogP contribution in [0.1, 0.15) is 64.3 Å². The number of rotatable bonds is 6. The zero-order chi connectivity index (χ0) is 27.6.